The zero-order valence-electron chi connectivity index (χ0n) is 17.0. The molecular weight excluding hydrogens is 354 g/mol. The first-order valence-corrected chi connectivity index (χ1v) is 9.85. The Morgan fingerprint density at radius 1 is 1.25 bits per heavy atom. The minimum Gasteiger partial charge on any atom is -0.342 e. The summed E-state index contributed by atoms with van der Waals surface area (Å²) in [5, 5.41) is 13.5. The fourth-order valence-corrected chi connectivity index (χ4v) is 4.42. The highest BCUT2D eigenvalue weighted by Gasteiger charge is 2.26. The van der Waals surface area contributed by atoms with Gasteiger partial charge >= 0.3 is 0 Å². The maximum Gasteiger partial charge on any atom is 0.227 e. The van der Waals surface area contributed by atoms with Crippen LogP contribution in [0, 0.1) is 26.7 Å². The minimum absolute atomic E-state index is 0.178. The van der Waals surface area contributed by atoms with Crippen LogP contribution in [0.4, 0.5) is 0 Å². The first kappa shape index (κ1) is 18.6. The van der Waals surface area contributed by atoms with Crippen LogP contribution in [0.1, 0.15) is 35.4 Å². The number of aryl methyl sites for hydroxylation is 4. The van der Waals surface area contributed by atoms with Crippen molar-refractivity contribution >= 4 is 16.9 Å². The van der Waals surface area contributed by atoms with Crippen LogP contribution in [0.15, 0.2) is 12.4 Å². The summed E-state index contributed by atoms with van der Waals surface area (Å²) in [5.74, 6) is 0.597. The summed E-state index contributed by atoms with van der Waals surface area (Å²) in [5.41, 5.74) is 4.92. The van der Waals surface area contributed by atoms with Gasteiger partial charge in [-0.25, -0.2) is 4.98 Å². The largest absolute Gasteiger partial charge is 0.342 e. The summed E-state index contributed by atoms with van der Waals surface area (Å²) in [6.07, 6.45) is 6.11. The van der Waals surface area contributed by atoms with E-state index >= 15 is 0 Å². The van der Waals surface area contributed by atoms with E-state index in [1.165, 1.54) is 0 Å². The standard InChI is InChI=1S/C20H27N7O/c1-13-17(14(2)22-20-19(13)15(3)23-25(20)4)10-18(28)26-8-5-6-16(11-26)12-27-9-7-21-24-27/h7,9,16H,5-6,8,10-12H2,1-4H3. The fraction of sp³-hybridized carbons (Fsp3) is 0.550. The van der Waals surface area contributed by atoms with Crippen molar-refractivity contribution in [2.45, 2.75) is 46.6 Å². The van der Waals surface area contributed by atoms with Gasteiger partial charge in [0.1, 0.15) is 0 Å². The van der Waals surface area contributed by atoms with Gasteiger partial charge < -0.3 is 4.90 Å². The molecule has 0 N–H and O–H groups in total. The Kier molecular flexibility index (Phi) is 4.87. The fourth-order valence-electron chi connectivity index (χ4n) is 4.42. The Morgan fingerprint density at radius 2 is 2.07 bits per heavy atom. The predicted octanol–water partition coefficient (Wildman–Crippen LogP) is 1.97. The molecule has 0 radical (unpaired) electrons. The average molecular weight is 381 g/mol. The van der Waals surface area contributed by atoms with E-state index in [2.05, 4.69) is 22.3 Å². The van der Waals surface area contributed by atoms with Crippen molar-refractivity contribution in [2.24, 2.45) is 13.0 Å². The zero-order valence-corrected chi connectivity index (χ0v) is 17.0. The molecule has 4 rings (SSSR count). The van der Waals surface area contributed by atoms with Crippen molar-refractivity contribution in [3.05, 3.63) is 34.9 Å². The summed E-state index contributed by atoms with van der Waals surface area (Å²) in [4.78, 5) is 19.8. The van der Waals surface area contributed by atoms with E-state index in [1.54, 1.807) is 6.20 Å². The number of nitrogens with zero attached hydrogens (tertiary/aromatic N) is 7. The summed E-state index contributed by atoms with van der Waals surface area (Å²) in [7, 11) is 1.91. The Hall–Kier alpha value is -2.77. The number of aromatic nitrogens is 6. The van der Waals surface area contributed by atoms with Gasteiger partial charge in [-0.3, -0.25) is 14.2 Å². The first-order chi connectivity index (χ1) is 13.4. The minimum atomic E-state index is 0.178. The van der Waals surface area contributed by atoms with Crippen molar-refractivity contribution in [1.82, 2.24) is 34.7 Å². The van der Waals surface area contributed by atoms with Crippen LogP contribution >= 0.6 is 0 Å². The molecule has 3 aromatic heterocycles. The van der Waals surface area contributed by atoms with Gasteiger partial charge in [0.25, 0.3) is 0 Å². The summed E-state index contributed by atoms with van der Waals surface area (Å²) < 4.78 is 3.67. The number of hydrogen-bond acceptors (Lipinski definition) is 5. The van der Waals surface area contributed by atoms with Crippen LogP contribution in [0.5, 0.6) is 0 Å². The average Bonchev–Trinajstić information content (AvgIpc) is 3.26. The molecule has 0 bridgehead atoms. The van der Waals surface area contributed by atoms with Gasteiger partial charge in [0.05, 0.1) is 18.3 Å². The lowest BCUT2D eigenvalue weighted by Crippen LogP contribution is -2.42. The van der Waals surface area contributed by atoms with Crippen molar-refractivity contribution in [3.8, 4) is 0 Å². The number of amides is 1. The maximum atomic E-state index is 13.1. The van der Waals surface area contributed by atoms with Crippen LogP contribution in [-0.2, 0) is 24.8 Å². The van der Waals surface area contributed by atoms with Crippen molar-refractivity contribution in [3.63, 3.8) is 0 Å². The Balaban J connectivity index is 1.52. The second kappa shape index (κ2) is 7.33. The van der Waals surface area contributed by atoms with Crippen LogP contribution in [0.25, 0.3) is 11.0 Å². The lowest BCUT2D eigenvalue weighted by molar-refractivity contribution is -0.132. The van der Waals surface area contributed by atoms with Gasteiger partial charge in [0.15, 0.2) is 5.65 Å². The molecule has 8 heteroatoms. The second-order valence-electron chi connectivity index (χ2n) is 7.86. The van der Waals surface area contributed by atoms with E-state index in [-0.39, 0.29) is 5.91 Å². The number of piperidine rings is 1. The van der Waals surface area contributed by atoms with Crippen LogP contribution < -0.4 is 0 Å². The molecule has 1 aliphatic heterocycles. The normalized spacial score (nSPS) is 17.4. The smallest absolute Gasteiger partial charge is 0.227 e. The zero-order chi connectivity index (χ0) is 19.8. The molecule has 0 spiro atoms. The SMILES string of the molecule is Cc1nc2c(c(C)nn2C)c(C)c1CC(=O)N1CCCC(Cn2ccnn2)C1. The third-order valence-electron chi connectivity index (χ3n) is 5.85. The van der Waals surface area contributed by atoms with E-state index < -0.39 is 0 Å². The second-order valence-corrected chi connectivity index (χ2v) is 7.86. The molecule has 28 heavy (non-hydrogen) atoms. The Bertz CT molecular complexity index is 1010. The lowest BCUT2D eigenvalue weighted by atomic mass is 9.96. The van der Waals surface area contributed by atoms with E-state index in [0.717, 1.165) is 66.0 Å². The van der Waals surface area contributed by atoms with Crippen LogP contribution in [0.2, 0.25) is 0 Å². The number of pyridine rings is 1. The van der Waals surface area contributed by atoms with E-state index in [1.807, 2.05) is 41.4 Å². The van der Waals surface area contributed by atoms with E-state index in [9.17, 15) is 4.79 Å². The highest BCUT2D eigenvalue weighted by Crippen LogP contribution is 2.26. The van der Waals surface area contributed by atoms with Crippen LogP contribution in [0.3, 0.4) is 0 Å². The van der Waals surface area contributed by atoms with Gasteiger partial charge in [-0.2, -0.15) is 5.10 Å². The monoisotopic (exact) mass is 381 g/mol. The Morgan fingerprint density at radius 3 is 2.82 bits per heavy atom. The predicted molar refractivity (Wildman–Crippen MR) is 106 cm³/mol. The highest BCUT2D eigenvalue weighted by molar-refractivity contribution is 5.86. The molecule has 148 valence electrons. The number of hydrogen-bond donors (Lipinski definition) is 0. The van der Waals surface area contributed by atoms with Gasteiger partial charge in [0, 0.05) is 44.0 Å². The molecule has 8 nitrogen and oxygen atoms in total. The molecule has 1 atom stereocenters. The van der Waals surface area contributed by atoms with Crippen LogP contribution in [-0.4, -0.2) is 53.7 Å². The molecule has 1 unspecified atom stereocenters. The third-order valence-corrected chi connectivity index (χ3v) is 5.85. The lowest BCUT2D eigenvalue weighted by Gasteiger charge is -2.33. The van der Waals surface area contributed by atoms with Gasteiger partial charge in [-0.05, 0) is 50.7 Å². The quantitative estimate of drug-likeness (QED) is 0.690. The molecule has 4 heterocycles. The number of likely N-dealkylation sites (tertiary alicyclic amines) is 1. The van der Waals surface area contributed by atoms with E-state index in [0.29, 0.717) is 12.3 Å². The number of fused-ring (bicyclic) bond motifs is 1. The molecule has 1 aliphatic rings. The van der Waals surface area contributed by atoms with Crippen molar-refractivity contribution in [2.75, 3.05) is 13.1 Å². The molecule has 0 aliphatic carbocycles. The summed E-state index contributed by atoms with van der Waals surface area (Å²) in [6, 6.07) is 0. The number of carbonyl (C=O) groups excluding carboxylic acids is 1. The molecule has 0 aromatic carbocycles. The maximum absolute atomic E-state index is 13.1. The molecule has 0 saturated carbocycles. The third kappa shape index (κ3) is 3.39. The van der Waals surface area contributed by atoms with Gasteiger partial charge in [-0.1, -0.05) is 5.21 Å². The first-order valence-electron chi connectivity index (χ1n) is 9.85. The Labute approximate surface area is 164 Å². The highest BCUT2D eigenvalue weighted by atomic mass is 16.2. The number of carbonyl (C=O) groups is 1. The molecular formula is C20H27N7O. The molecule has 1 saturated heterocycles. The summed E-state index contributed by atoms with van der Waals surface area (Å²) in [6.45, 7) is 8.48. The molecule has 1 amide bonds. The van der Waals surface area contributed by atoms with Crippen molar-refractivity contribution < 1.29 is 4.79 Å². The topological polar surface area (TPSA) is 81.7 Å². The number of rotatable bonds is 4. The van der Waals surface area contributed by atoms with E-state index in [4.69, 9.17) is 4.98 Å². The summed E-state index contributed by atoms with van der Waals surface area (Å²) >= 11 is 0. The van der Waals surface area contributed by atoms with Gasteiger partial charge in [-0.15, -0.1) is 5.10 Å². The van der Waals surface area contributed by atoms with Crippen molar-refractivity contribution in [1.29, 1.82) is 0 Å². The molecule has 3 aromatic rings. The van der Waals surface area contributed by atoms with Gasteiger partial charge in [0.2, 0.25) is 5.91 Å². The molecule has 1 fully saturated rings.